The summed E-state index contributed by atoms with van der Waals surface area (Å²) < 4.78 is 6.68. The Morgan fingerprint density at radius 2 is 1.52 bits per heavy atom. The van der Waals surface area contributed by atoms with E-state index in [0.29, 0.717) is 40.6 Å². The van der Waals surface area contributed by atoms with E-state index in [9.17, 15) is 9.90 Å². The summed E-state index contributed by atoms with van der Waals surface area (Å²) in [6.07, 6.45) is 10.5. The van der Waals surface area contributed by atoms with E-state index in [1.54, 1.807) is 0 Å². The summed E-state index contributed by atoms with van der Waals surface area (Å²) in [6.45, 7) is 18.0. The highest BCUT2D eigenvalue weighted by Gasteiger charge is 2.73. The highest BCUT2D eigenvalue weighted by molar-refractivity contribution is 5.85. The molecule has 3 heteroatoms. The number of ketones is 1. The van der Waals surface area contributed by atoms with Gasteiger partial charge in [-0.25, -0.2) is 0 Å². The highest BCUT2D eigenvalue weighted by atomic mass is 16.5. The molecule has 6 aliphatic rings. The van der Waals surface area contributed by atoms with Gasteiger partial charge in [0.25, 0.3) is 0 Å². The van der Waals surface area contributed by atoms with Crippen LogP contribution in [-0.4, -0.2) is 29.7 Å². The van der Waals surface area contributed by atoms with Crippen LogP contribution in [0.3, 0.4) is 0 Å². The molecule has 5 aliphatic carbocycles. The van der Waals surface area contributed by atoms with Crippen LogP contribution in [0, 0.1) is 56.2 Å². The van der Waals surface area contributed by atoms with Crippen LogP contribution in [0.4, 0.5) is 0 Å². The van der Waals surface area contributed by atoms with Crippen LogP contribution in [0.15, 0.2) is 0 Å². The van der Waals surface area contributed by atoms with Gasteiger partial charge in [0.15, 0.2) is 5.78 Å². The van der Waals surface area contributed by atoms with Gasteiger partial charge in [0.1, 0.15) is 6.10 Å². The molecule has 3 unspecified atom stereocenters. The summed E-state index contributed by atoms with van der Waals surface area (Å²) >= 11 is 0. The zero-order chi connectivity index (χ0) is 23.8. The molecule has 1 N–H and O–H groups in total. The van der Waals surface area contributed by atoms with E-state index in [0.717, 1.165) is 24.9 Å². The van der Waals surface area contributed by atoms with Gasteiger partial charge in [0, 0.05) is 11.8 Å². The smallest absolute Gasteiger partial charge is 0.162 e. The van der Waals surface area contributed by atoms with Gasteiger partial charge in [-0.3, -0.25) is 4.79 Å². The summed E-state index contributed by atoms with van der Waals surface area (Å²) in [5.41, 5.74) is 1.00. The second-order valence-electron chi connectivity index (χ2n) is 15.6. The maximum absolute atomic E-state index is 13.1. The Bertz CT molecular complexity index is 876. The standard InChI is InChI=1S/C30H48O3/c1-25(2)12-14-30-15-13-28(6)18(22(30)24(25)33-17-30)8-9-21-27(5)16-19(31)23(32)26(3,4)20(27)10-11-29(21,28)7/h18,20-24,32H,8-17H2,1-7H3/t18-,20+,21-,22?,23?,24?,27+,28-,29-,30-/m1/s1. The van der Waals surface area contributed by atoms with E-state index in [1.165, 1.54) is 44.9 Å². The van der Waals surface area contributed by atoms with Gasteiger partial charge in [-0.05, 0) is 102 Å². The highest BCUT2D eigenvalue weighted by Crippen LogP contribution is 2.77. The molecule has 6 rings (SSSR count). The molecule has 186 valence electrons. The lowest BCUT2D eigenvalue weighted by Gasteiger charge is -2.73. The molecule has 1 aliphatic heterocycles. The molecule has 1 heterocycles. The maximum Gasteiger partial charge on any atom is 0.162 e. The quantitative estimate of drug-likeness (QED) is 0.458. The number of rotatable bonds is 0. The van der Waals surface area contributed by atoms with Crippen molar-refractivity contribution in [1.82, 2.24) is 0 Å². The lowest BCUT2D eigenvalue weighted by atomic mass is 9.31. The fraction of sp³-hybridized carbons (Fsp3) is 0.967. The molecule has 0 aromatic heterocycles. The molecule has 0 radical (unpaired) electrons. The fourth-order valence-electron chi connectivity index (χ4n) is 11.9. The van der Waals surface area contributed by atoms with Crippen LogP contribution in [0.5, 0.6) is 0 Å². The van der Waals surface area contributed by atoms with Crippen molar-refractivity contribution in [3.63, 3.8) is 0 Å². The fourth-order valence-corrected chi connectivity index (χ4v) is 11.9. The lowest BCUT2D eigenvalue weighted by molar-refractivity contribution is -0.247. The van der Waals surface area contributed by atoms with Crippen molar-refractivity contribution in [3.8, 4) is 0 Å². The number of Topliss-reactive ketones (excluding diaryl/α,β-unsaturated/α-hetero) is 1. The average Bonchev–Trinajstić information content (AvgIpc) is 3.06. The predicted octanol–water partition coefficient (Wildman–Crippen LogP) is 6.42. The number of carbonyl (C=O) groups excluding carboxylic acids is 1. The first-order valence-corrected chi connectivity index (χ1v) is 14.1. The monoisotopic (exact) mass is 456 g/mol. The molecule has 0 aromatic rings. The summed E-state index contributed by atoms with van der Waals surface area (Å²) in [5.74, 6) is 2.56. The predicted molar refractivity (Wildman–Crippen MR) is 131 cm³/mol. The molecular weight excluding hydrogens is 408 g/mol. The average molecular weight is 457 g/mol. The van der Waals surface area contributed by atoms with Gasteiger partial charge < -0.3 is 9.84 Å². The van der Waals surface area contributed by atoms with Crippen molar-refractivity contribution in [2.75, 3.05) is 6.61 Å². The number of fused-ring (bicyclic) bond motifs is 5. The lowest BCUT2D eigenvalue weighted by Crippen LogP contribution is -2.68. The SMILES string of the molecule is CC1(C)CC[C@]23CC[C@]4(C)[C@H](CC[C@@H]5[C@@]6(C)CC(=O)C(O)C(C)(C)[C@@H]6CC[C@]54C)C2C1OC3. The zero-order valence-corrected chi connectivity index (χ0v) is 22.3. The number of ether oxygens (including phenoxy) is 1. The van der Waals surface area contributed by atoms with Gasteiger partial charge in [0.05, 0.1) is 12.7 Å². The second kappa shape index (κ2) is 6.47. The first kappa shape index (κ1) is 23.0. The van der Waals surface area contributed by atoms with Gasteiger partial charge >= 0.3 is 0 Å². The first-order chi connectivity index (χ1) is 15.2. The van der Waals surface area contributed by atoms with E-state index in [2.05, 4.69) is 48.5 Å². The van der Waals surface area contributed by atoms with E-state index < -0.39 is 6.10 Å². The van der Waals surface area contributed by atoms with Crippen molar-refractivity contribution in [1.29, 1.82) is 0 Å². The molecular formula is C30H48O3. The van der Waals surface area contributed by atoms with Gasteiger partial charge in [-0.15, -0.1) is 0 Å². The van der Waals surface area contributed by atoms with E-state index in [4.69, 9.17) is 4.74 Å². The summed E-state index contributed by atoms with van der Waals surface area (Å²) in [6, 6.07) is 0. The largest absolute Gasteiger partial charge is 0.385 e. The normalized spacial score (nSPS) is 58.6. The van der Waals surface area contributed by atoms with Crippen LogP contribution in [0.25, 0.3) is 0 Å². The molecule has 0 amide bonds. The van der Waals surface area contributed by atoms with Crippen LogP contribution in [0.2, 0.25) is 0 Å². The minimum atomic E-state index is -0.793. The van der Waals surface area contributed by atoms with Crippen LogP contribution in [-0.2, 0) is 9.53 Å². The summed E-state index contributed by atoms with van der Waals surface area (Å²) in [4.78, 5) is 13.1. The number of aliphatic hydroxyl groups is 1. The zero-order valence-electron chi connectivity index (χ0n) is 22.3. The molecule has 10 atom stereocenters. The third kappa shape index (κ3) is 2.53. The third-order valence-electron chi connectivity index (χ3n) is 13.9. The Morgan fingerprint density at radius 1 is 0.818 bits per heavy atom. The van der Waals surface area contributed by atoms with Crippen molar-refractivity contribution < 1.29 is 14.6 Å². The molecule has 3 nitrogen and oxygen atoms in total. The van der Waals surface area contributed by atoms with Gasteiger partial charge in [-0.1, -0.05) is 48.5 Å². The van der Waals surface area contributed by atoms with Gasteiger partial charge in [-0.2, -0.15) is 0 Å². The Morgan fingerprint density at radius 3 is 2.24 bits per heavy atom. The number of hydrogen-bond acceptors (Lipinski definition) is 3. The Hall–Kier alpha value is -0.410. The molecule has 0 spiro atoms. The summed E-state index contributed by atoms with van der Waals surface area (Å²) in [7, 11) is 0. The number of carbonyl (C=O) groups is 1. The topological polar surface area (TPSA) is 46.5 Å². The molecule has 2 bridgehead atoms. The molecule has 33 heavy (non-hydrogen) atoms. The van der Waals surface area contributed by atoms with E-state index in [1.807, 2.05) is 0 Å². The molecule has 1 saturated heterocycles. The van der Waals surface area contributed by atoms with E-state index >= 15 is 0 Å². The van der Waals surface area contributed by atoms with Crippen LogP contribution in [0.1, 0.15) is 106 Å². The van der Waals surface area contributed by atoms with Crippen molar-refractivity contribution in [2.24, 2.45) is 56.2 Å². The first-order valence-electron chi connectivity index (χ1n) is 14.1. The third-order valence-corrected chi connectivity index (χ3v) is 13.9. The van der Waals surface area contributed by atoms with Crippen molar-refractivity contribution >= 4 is 5.78 Å². The Balaban J connectivity index is 1.41. The Labute approximate surface area is 201 Å². The molecule has 6 fully saturated rings. The molecule has 0 aromatic carbocycles. The number of hydrogen-bond donors (Lipinski definition) is 1. The summed E-state index contributed by atoms with van der Waals surface area (Å²) in [5, 5.41) is 10.8. The second-order valence-corrected chi connectivity index (χ2v) is 15.6. The van der Waals surface area contributed by atoms with Crippen LogP contribution >= 0.6 is 0 Å². The van der Waals surface area contributed by atoms with Crippen molar-refractivity contribution in [3.05, 3.63) is 0 Å². The molecule has 5 saturated carbocycles. The van der Waals surface area contributed by atoms with Crippen LogP contribution < -0.4 is 0 Å². The van der Waals surface area contributed by atoms with E-state index in [-0.39, 0.29) is 22.0 Å². The maximum atomic E-state index is 13.1. The number of aliphatic hydroxyl groups excluding tert-OH is 1. The van der Waals surface area contributed by atoms with Crippen molar-refractivity contribution in [2.45, 2.75) is 118 Å². The minimum absolute atomic E-state index is 0.0112. The minimum Gasteiger partial charge on any atom is -0.385 e. The van der Waals surface area contributed by atoms with Gasteiger partial charge in [0.2, 0.25) is 0 Å². The Kier molecular flexibility index (Phi) is 4.51.